The Balaban J connectivity index is 1.69. The highest BCUT2D eigenvalue weighted by Crippen LogP contribution is 2.26. The topological polar surface area (TPSA) is 131 Å². The lowest BCUT2D eigenvalue weighted by atomic mass is 9.98. The van der Waals surface area contributed by atoms with Crippen molar-refractivity contribution in [1.29, 1.82) is 5.26 Å². The van der Waals surface area contributed by atoms with Gasteiger partial charge in [-0.05, 0) is 51.4 Å². The molecule has 1 aliphatic heterocycles. The lowest BCUT2D eigenvalue weighted by molar-refractivity contribution is -0.116. The number of carbonyl (C=O) groups excluding carboxylic acids is 1. The standard InChI is InChI=1S/C24H35N9O/c1-3-10-33(4-2)11-7-24(34)31-21-16-30-22(32-23-17-27-19(13-25)15-29-23)12-20(21)28-14-18-5-8-26-9-6-18/h12,15-18,26H,3-11,14H2,1-2H3,(H,31,34)(H2,28,29,30,32). The molecule has 0 bridgehead atoms. The van der Waals surface area contributed by atoms with Gasteiger partial charge in [0.2, 0.25) is 5.91 Å². The summed E-state index contributed by atoms with van der Waals surface area (Å²) in [5.41, 5.74) is 1.72. The first-order chi connectivity index (χ1) is 16.6. The number of nitrogens with one attached hydrogen (secondary N) is 4. The maximum absolute atomic E-state index is 12.7. The second-order valence-corrected chi connectivity index (χ2v) is 8.45. The quantitative estimate of drug-likeness (QED) is 0.373. The van der Waals surface area contributed by atoms with Crippen molar-refractivity contribution >= 4 is 28.9 Å². The number of piperidine rings is 1. The van der Waals surface area contributed by atoms with Gasteiger partial charge in [0.25, 0.3) is 0 Å². The van der Waals surface area contributed by atoms with Crippen LogP contribution in [0.4, 0.5) is 23.0 Å². The minimum Gasteiger partial charge on any atom is -0.383 e. The largest absolute Gasteiger partial charge is 0.383 e. The van der Waals surface area contributed by atoms with Crippen molar-refractivity contribution < 1.29 is 4.79 Å². The van der Waals surface area contributed by atoms with E-state index in [2.05, 4.69) is 55.0 Å². The predicted molar refractivity (Wildman–Crippen MR) is 134 cm³/mol. The number of rotatable bonds is 12. The zero-order valence-electron chi connectivity index (χ0n) is 20.1. The predicted octanol–water partition coefficient (Wildman–Crippen LogP) is 2.96. The van der Waals surface area contributed by atoms with E-state index in [0.29, 0.717) is 29.7 Å². The number of amides is 1. The van der Waals surface area contributed by atoms with Crippen molar-refractivity contribution in [2.24, 2.45) is 5.92 Å². The number of nitrogens with zero attached hydrogens (tertiary/aromatic N) is 5. The molecule has 10 heteroatoms. The molecule has 0 unspecified atom stereocenters. The fourth-order valence-corrected chi connectivity index (χ4v) is 3.91. The third-order valence-electron chi connectivity index (χ3n) is 5.88. The Bertz CT molecular complexity index is 952. The van der Waals surface area contributed by atoms with Gasteiger partial charge in [0.05, 0.1) is 30.0 Å². The highest BCUT2D eigenvalue weighted by molar-refractivity contribution is 5.94. The van der Waals surface area contributed by atoms with E-state index in [0.717, 1.165) is 64.2 Å². The normalized spacial score (nSPS) is 13.9. The smallest absolute Gasteiger partial charge is 0.225 e. The molecule has 0 atom stereocenters. The molecule has 3 heterocycles. The highest BCUT2D eigenvalue weighted by atomic mass is 16.1. The molecule has 182 valence electrons. The number of nitriles is 1. The minimum atomic E-state index is -0.0278. The van der Waals surface area contributed by atoms with Crippen LogP contribution in [0, 0.1) is 17.2 Å². The molecule has 0 aliphatic carbocycles. The van der Waals surface area contributed by atoms with Crippen LogP contribution in [0.25, 0.3) is 0 Å². The summed E-state index contributed by atoms with van der Waals surface area (Å²) >= 11 is 0. The molecule has 1 saturated heterocycles. The van der Waals surface area contributed by atoms with Crippen molar-refractivity contribution in [2.75, 3.05) is 55.2 Å². The zero-order chi connectivity index (χ0) is 24.2. The Kier molecular flexibility index (Phi) is 10.0. The Hall–Kier alpha value is -3.29. The van der Waals surface area contributed by atoms with Crippen LogP contribution < -0.4 is 21.3 Å². The van der Waals surface area contributed by atoms with Crippen LogP contribution in [0.3, 0.4) is 0 Å². The van der Waals surface area contributed by atoms with E-state index < -0.39 is 0 Å². The molecule has 2 aromatic heterocycles. The Labute approximate surface area is 201 Å². The summed E-state index contributed by atoms with van der Waals surface area (Å²) < 4.78 is 0. The zero-order valence-corrected chi connectivity index (χ0v) is 20.1. The number of hydrogen-bond donors (Lipinski definition) is 4. The Morgan fingerprint density at radius 3 is 2.59 bits per heavy atom. The molecule has 0 saturated carbocycles. The lowest BCUT2D eigenvalue weighted by Gasteiger charge is -2.24. The second kappa shape index (κ2) is 13.4. The monoisotopic (exact) mass is 465 g/mol. The number of aromatic nitrogens is 3. The van der Waals surface area contributed by atoms with Gasteiger partial charge in [-0.25, -0.2) is 15.0 Å². The van der Waals surface area contributed by atoms with Crippen LogP contribution in [0.2, 0.25) is 0 Å². The van der Waals surface area contributed by atoms with E-state index >= 15 is 0 Å². The number of carbonyl (C=O) groups is 1. The summed E-state index contributed by atoms with van der Waals surface area (Å²) in [6, 6.07) is 3.82. The van der Waals surface area contributed by atoms with E-state index in [1.54, 1.807) is 6.20 Å². The summed E-state index contributed by atoms with van der Waals surface area (Å²) in [6.07, 6.45) is 8.31. The van der Waals surface area contributed by atoms with E-state index in [-0.39, 0.29) is 11.6 Å². The summed E-state index contributed by atoms with van der Waals surface area (Å²) in [7, 11) is 0. The third-order valence-corrected chi connectivity index (χ3v) is 5.88. The summed E-state index contributed by atoms with van der Waals surface area (Å²) in [5, 5.41) is 21.9. The third kappa shape index (κ3) is 7.93. The van der Waals surface area contributed by atoms with Gasteiger partial charge in [0.15, 0.2) is 5.69 Å². The van der Waals surface area contributed by atoms with Crippen LogP contribution >= 0.6 is 0 Å². The molecule has 4 N–H and O–H groups in total. The molecule has 1 fully saturated rings. The highest BCUT2D eigenvalue weighted by Gasteiger charge is 2.15. The van der Waals surface area contributed by atoms with Gasteiger partial charge in [-0.15, -0.1) is 0 Å². The summed E-state index contributed by atoms with van der Waals surface area (Å²) in [4.78, 5) is 27.6. The molecular formula is C24H35N9O. The molecular weight excluding hydrogens is 430 g/mol. The molecule has 0 radical (unpaired) electrons. The van der Waals surface area contributed by atoms with Crippen molar-refractivity contribution in [3.63, 3.8) is 0 Å². The van der Waals surface area contributed by atoms with Crippen molar-refractivity contribution in [2.45, 2.75) is 39.5 Å². The van der Waals surface area contributed by atoms with E-state index in [1.807, 2.05) is 12.1 Å². The number of pyridine rings is 1. The van der Waals surface area contributed by atoms with Crippen molar-refractivity contribution in [3.05, 3.63) is 30.4 Å². The fourth-order valence-electron chi connectivity index (χ4n) is 3.91. The SMILES string of the molecule is CCCN(CC)CCC(=O)Nc1cnc(Nc2cnc(C#N)cn2)cc1NCC1CCNCC1. The maximum atomic E-state index is 12.7. The maximum Gasteiger partial charge on any atom is 0.225 e. The van der Waals surface area contributed by atoms with Gasteiger partial charge in [-0.2, -0.15) is 5.26 Å². The summed E-state index contributed by atoms with van der Waals surface area (Å²) in [6.45, 7) is 9.81. The molecule has 1 amide bonds. The van der Waals surface area contributed by atoms with E-state index in [9.17, 15) is 4.79 Å². The Morgan fingerprint density at radius 1 is 1.12 bits per heavy atom. The van der Waals surface area contributed by atoms with Crippen LogP contribution in [0.15, 0.2) is 24.7 Å². The number of hydrogen-bond acceptors (Lipinski definition) is 9. The van der Waals surface area contributed by atoms with Crippen molar-refractivity contribution in [1.82, 2.24) is 25.2 Å². The Morgan fingerprint density at radius 2 is 1.91 bits per heavy atom. The first-order valence-electron chi connectivity index (χ1n) is 12.1. The molecule has 2 aromatic rings. The van der Waals surface area contributed by atoms with E-state index in [1.165, 1.54) is 12.4 Å². The van der Waals surface area contributed by atoms with E-state index in [4.69, 9.17) is 5.26 Å². The van der Waals surface area contributed by atoms with Gasteiger partial charge < -0.3 is 26.2 Å². The average Bonchev–Trinajstić information content (AvgIpc) is 2.87. The van der Waals surface area contributed by atoms with Gasteiger partial charge >= 0.3 is 0 Å². The van der Waals surface area contributed by atoms with Crippen molar-refractivity contribution in [3.8, 4) is 6.07 Å². The van der Waals surface area contributed by atoms with Gasteiger partial charge in [-0.1, -0.05) is 13.8 Å². The van der Waals surface area contributed by atoms with Crippen LogP contribution in [-0.4, -0.2) is 65.0 Å². The van der Waals surface area contributed by atoms with Gasteiger partial charge in [0.1, 0.15) is 17.7 Å². The minimum absolute atomic E-state index is 0.0278. The second-order valence-electron chi connectivity index (χ2n) is 8.45. The molecule has 34 heavy (non-hydrogen) atoms. The first kappa shape index (κ1) is 25.3. The van der Waals surface area contributed by atoms with Gasteiger partial charge in [0, 0.05) is 25.6 Å². The fraction of sp³-hybridized carbons (Fsp3) is 0.542. The molecule has 10 nitrogen and oxygen atoms in total. The molecule has 0 aromatic carbocycles. The molecule has 0 spiro atoms. The van der Waals surface area contributed by atoms with Crippen LogP contribution in [0.5, 0.6) is 0 Å². The van der Waals surface area contributed by atoms with Crippen LogP contribution in [-0.2, 0) is 4.79 Å². The average molecular weight is 466 g/mol. The lowest BCUT2D eigenvalue weighted by Crippen LogP contribution is -2.31. The van der Waals surface area contributed by atoms with Gasteiger partial charge in [-0.3, -0.25) is 4.79 Å². The van der Waals surface area contributed by atoms with Crippen LogP contribution in [0.1, 0.15) is 45.2 Å². The summed E-state index contributed by atoms with van der Waals surface area (Å²) in [5.74, 6) is 1.61. The first-order valence-corrected chi connectivity index (χ1v) is 12.1. The number of anilines is 4. The molecule has 3 rings (SSSR count). The molecule has 1 aliphatic rings.